The zero-order valence-corrected chi connectivity index (χ0v) is 7.07. The van der Waals surface area contributed by atoms with Crippen molar-refractivity contribution in [3.05, 3.63) is 24.1 Å². The van der Waals surface area contributed by atoms with Gasteiger partial charge in [-0.05, 0) is 19.1 Å². The monoisotopic (exact) mass is 184 g/mol. The van der Waals surface area contributed by atoms with Crippen LogP contribution in [0.25, 0.3) is 0 Å². The second-order valence-corrected chi connectivity index (χ2v) is 2.34. The minimum Gasteiger partial charge on any atom is -0.465 e. The molecule has 0 fully saturated rings. The Morgan fingerprint density at radius 3 is 2.92 bits per heavy atom. The van der Waals surface area contributed by atoms with Crippen LogP contribution in [-0.2, 0) is 0 Å². The standard InChI is InChI=1S/C8H9FN2O2/c1-2-11(8(12)13)7-6(9)4-3-5-10-7/h3-5H,2H2,1H3,(H,12,13). The summed E-state index contributed by atoms with van der Waals surface area (Å²) in [7, 11) is 0. The number of pyridine rings is 1. The highest BCUT2D eigenvalue weighted by atomic mass is 19.1. The van der Waals surface area contributed by atoms with E-state index in [-0.39, 0.29) is 12.4 Å². The number of rotatable bonds is 2. The van der Waals surface area contributed by atoms with Crippen molar-refractivity contribution in [3.8, 4) is 0 Å². The highest BCUT2D eigenvalue weighted by Crippen LogP contribution is 2.14. The average Bonchev–Trinajstić information content (AvgIpc) is 2.09. The van der Waals surface area contributed by atoms with Crippen LogP contribution >= 0.6 is 0 Å². The number of anilines is 1. The third-order valence-electron chi connectivity index (χ3n) is 1.54. The van der Waals surface area contributed by atoms with Crippen LogP contribution < -0.4 is 4.90 Å². The van der Waals surface area contributed by atoms with Gasteiger partial charge >= 0.3 is 6.09 Å². The molecule has 1 aromatic rings. The number of amides is 1. The lowest BCUT2D eigenvalue weighted by atomic mass is 10.4. The molecule has 0 saturated carbocycles. The molecule has 4 nitrogen and oxygen atoms in total. The Morgan fingerprint density at radius 1 is 1.77 bits per heavy atom. The van der Waals surface area contributed by atoms with Crippen LogP contribution in [0.15, 0.2) is 18.3 Å². The first-order chi connectivity index (χ1) is 6.16. The minimum atomic E-state index is -1.21. The van der Waals surface area contributed by atoms with E-state index in [1.54, 1.807) is 6.92 Å². The predicted octanol–water partition coefficient (Wildman–Crippen LogP) is 1.73. The maximum Gasteiger partial charge on any atom is 0.413 e. The van der Waals surface area contributed by atoms with Crippen molar-refractivity contribution in [1.82, 2.24) is 4.98 Å². The molecular weight excluding hydrogens is 175 g/mol. The van der Waals surface area contributed by atoms with E-state index in [0.29, 0.717) is 0 Å². The van der Waals surface area contributed by atoms with Gasteiger partial charge in [0.25, 0.3) is 0 Å². The van der Waals surface area contributed by atoms with Gasteiger partial charge in [-0.3, -0.25) is 4.90 Å². The van der Waals surface area contributed by atoms with Crippen LogP contribution in [0.4, 0.5) is 15.0 Å². The number of hydrogen-bond acceptors (Lipinski definition) is 2. The van der Waals surface area contributed by atoms with Gasteiger partial charge in [0.15, 0.2) is 11.6 Å². The van der Waals surface area contributed by atoms with Crippen LogP contribution in [0.3, 0.4) is 0 Å². The first-order valence-electron chi connectivity index (χ1n) is 3.77. The van der Waals surface area contributed by atoms with Crippen LogP contribution in [-0.4, -0.2) is 22.7 Å². The molecule has 0 spiro atoms. The number of carbonyl (C=O) groups is 1. The summed E-state index contributed by atoms with van der Waals surface area (Å²) in [6, 6.07) is 2.59. The Morgan fingerprint density at radius 2 is 2.46 bits per heavy atom. The summed E-state index contributed by atoms with van der Waals surface area (Å²) in [6.45, 7) is 1.78. The summed E-state index contributed by atoms with van der Waals surface area (Å²) in [5.74, 6) is -0.788. The quantitative estimate of drug-likeness (QED) is 0.761. The SMILES string of the molecule is CCN(C(=O)O)c1ncccc1F. The Balaban J connectivity index is 3.04. The minimum absolute atomic E-state index is 0.155. The lowest BCUT2D eigenvalue weighted by molar-refractivity contribution is 0.201. The molecular formula is C8H9FN2O2. The van der Waals surface area contributed by atoms with Gasteiger partial charge in [0, 0.05) is 12.7 Å². The molecule has 1 amide bonds. The van der Waals surface area contributed by atoms with E-state index in [0.717, 1.165) is 4.90 Å². The topological polar surface area (TPSA) is 53.4 Å². The molecule has 0 atom stereocenters. The molecule has 1 N–H and O–H groups in total. The van der Waals surface area contributed by atoms with E-state index >= 15 is 0 Å². The maximum atomic E-state index is 13.0. The van der Waals surface area contributed by atoms with E-state index in [4.69, 9.17) is 5.11 Å². The van der Waals surface area contributed by atoms with Crippen LogP contribution in [0.1, 0.15) is 6.92 Å². The summed E-state index contributed by atoms with van der Waals surface area (Å²) < 4.78 is 13.0. The van der Waals surface area contributed by atoms with Gasteiger partial charge in [-0.2, -0.15) is 0 Å². The van der Waals surface area contributed by atoms with Crippen LogP contribution in [0.2, 0.25) is 0 Å². The zero-order chi connectivity index (χ0) is 9.84. The van der Waals surface area contributed by atoms with Gasteiger partial charge in [-0.1, -0.05) is 0 Å². The van der Waals surface area contributed by atoms with Crippen molar-refractivity contribution in [2.75, 3.05) is 11.4 Å². The molecule has 0 unspecified atom stereocenters. The van der Waals surface area contributed by atoms with Crippen molar-refractivity contribution < 1.29 is 14.3 Å². The van der Waals surface area contributed by atoms with Crippen molar-refractivity contribution in [3.63, 3.8) is 0 Å². The van der Waals surface area contributed by atoms with Gasteiger partial charge in [0.2, 0.25) is 0 Å². The second-order valence-electron chi connectivity index (χ2n) is 2.34. The van der Waals surface area contributed by atoms with Crippen LogP contribution in [0.5, 0.6) is 0 Å². The number of carboxylic acid groups (broad SMARTS) is 1. The maximum absolute atomic E-state index is 13.0. The van der Waals surface area contributed by atoms with Gasteiger partial charge in [-0.25, -0.2) is 14.2 Å². The van der Waals surface area contributed by atoms with E-state index in [2.05, 4.69) is 4.98 Å². The number of nitrogens with zero attached hydrogens (tertiary/aromatic N) is 2. The van der Waals surface area contributed by atoms with E-state index in [9.17, 15) is 9.18 Å². The van der Waals surface area contributed by atoms with Gasteiger partial charge in [0.1, 0.15) is 0 Å². The van der Waals surface area contributed by atoms with Gasteiger partial charge < -0.3 is 5.11 Å². The summed E-state index contributed by atoms with van der Waals surface area (Å²) in [4.78, 5) is 15.1. The molecule has 0 bridgehead atoms. The Hall–Kier alpha value is -1.65. The third-order valence-corrected chi connectivity index (χ3v) is 1.54. The normalized spacial score (nSPS) is 9.69. The highest BCUT2D eigenvalue weighted by molar-refractivity contribution is 5.84. The van der Waals surface area contributed by atoms with Gasteiger partial charge in [0.05, 0.1) is 0 Å². The fourth-order valence-electron chi connectivity index (χ4n) is 0.952. The molecule has 0 saturated heterocycles. The van der Waals surface area contributed by atoms with Crippen molar-refractivity contribution in [2.24, 2.45) is 0 Å². The molecule has 0 aliphatic rings. The summed E-state index contributed by atoms with van der Waals surface area (Å²) >= 11 is 0. The van der Waals surface area contributed by atoms with E-state index in [1.807, 2.05) is 0 Å². The fourth-order valence-corrected chi connectivity index (χ4v) is 0.952. The first kappa shape index (κ1) is 9.44. The van der Waals surface area contributed by atoms with E-state index in [1.165, 1.54) is 18.3 Å². The number of hydrogen-bond donors (Lipinski definition) is 1. The van der Waals surface area contributed by atoms with Crippen molar-refractivity contribution in [1.29, 1.82) is 0 Å². The van der Waals surface area contributed by atoms with Gasteiger partial charge in [-0.15, -0.1) is 0 Å². The second kappa shape index (κ2) is 3.84. The number of halogens is 1. The summed E-state index contributed by atoms with van der Waals surface area (Å²) in [5, 5.41) is 8.67. The molecule has 1 aromatic heterocycles. The molecule has 0 aromatic carbocycles. The molecule has 13 heavy (non-hydrogen) atoms. The van der Waals surface area contributed by atoms with E-state index < -0.39 is 11.9 Å². The molecule has 5 heteroatoms. The molecule has 1 heterocycles. The Labute approximate surface area is 74.6 Å². The molecule has 0 aliphatic carbocycles. The fraction of sp³-hybridized carbons (Fsp3) is 0.250. The summed E-state index contributed by atoms with van der Waals surface area (Å²) in [5.41, 5.74) is 0. The van der Waals surface area contributed by atoms with Crippen LogP contribution in [0, 0.1) is 5.82 Å². The summed E-state index contributed by atoms with van der Waals surface area (Å²) in [6.07, 6.45) is 0.143. The molecule has 70 valence electrons. The average molecular weight is 184 g/mol. The third kappa shape index (κ3) is 1.93. The molecule has 0 aliphatic heterocycles. The first-order valence-corrected chi connectivity index (χ1v) is 3.77. The smallest absolute Gasteiger partial charge is 0.413 e. The lowest BCUT2D eigenvalue weighted by Crippen LogP contribution is -2.30. The zero-order valence-electron chi connectivity index (χ0n) is 7.07. The lowest BCUT2D eigenvalue weighted by Gasteiger charge is -2.15. The van der Waals surface area contributed by atoms with Crippen molar-refractivity contribution >= 4 is 11.9 Å². The molecule has 0 radical (unpaired) electrons. The number of aromatic nitrogens is 1. The largest absolute Gasteiger partial charge is 0.465 e. The Kier molecular flexibility index (Phi) is 2.79. The predicted molar refractivity (Wildman–Crippen MR) is 45.2 cm³/mol. The molecule has 1 rings (SSSR count). The highest BCUT2D eigenvalue weighted by Gasteiger charge is 2.16. The van der Waals surface area contributed by atoms with Crippen molar-refractivity contribution in [2.45, 2.75) is 6.92 Å². The Bertz CT molecular complexity index is 317.